The molecule has 9 heteroatoms. The highest BCUT2D eigenvalue weighted by molar-refractivity contribution is 7.17. The Labute approximate surface area is 203 Å². The van der Waals surface area contributed by atoms with E-state index in [4.69, 9.17) is 9.47 Å². The summed E-state index contributed by atoms with van der Waals surface area (Å²) < 4.78 is 10.6. The first-order valence-electron chi connectivity index (χ1n) is 11.3. The first-order chi connectivity index (χ1) is 16.1. The topological polar surface area (TPSA) is 111 Å². The lowest BCUT2D eigenvalue weighted by Gasteiger charge is -2.18. The van der Waals surface area contributed by atoms with Crippen LogP contribution in [-0.2, 0) is 38.4 Å². The van der Waals surface area contributed by atoms with E-state index in [1.807, 2.05) is 0 Å². The average Bonchev–Trinajstić information content (AvgIpc) is 3.12. The number of benzene rings is 1. The number of esters is 2. The molecule has 8 nitrogen and oxygen atoms in total. The number of thiophene rings is 1. The van der Waals surface area contributed by atoms with Crippen LogP contribution in [0, 0.1) is 5.92 Å². The number of hydrogen-bond acceptors (Lipinski definition) is 7. The molecule has 182 valence electrons. The number of ether oxygens (including phenoxy) is 2. The quantitative estimate of drug-likeness (QED) is 0.548. The average molecular weight is 487 g/mol. The summed E-state index contributed by atoms with van der Waals surface area (Å²) in [6, 6.07) is 6.56. The van der Waals surface area contributed by atoms with Gasteiger partial charge in [0, 0.05) is 18.3 Å². The second kappa shape index (κ2) is 11.3. The van der Waals surface area contributed by atoms with E-state index in [1.165, 1.54) is 18.3 Å². The lowest BCUT2D eigenvalue weighted by atomic mass is 9.88. The molecule has 1 aliphatic carbocycles. The molecule has 34 heavy (non-hydrogen) atoms. The summed E-state index contributed by atoms with van der Waals surface area (Å²) in [5.74, 6) is -1.25. The molecule has 0 saturated carbocycles. The zero-order valence-electron chi connectivity index (χ0n) is 19.9. The van der Waals surface area contributed by atoms with Crippen molar-refractivity contribution in [2.24, 2.45) is 5.92 Å². The van der Waals surface area contributed by atoms with E-state index in [9.17, 15) is 19.2 Å². The van der Waals surface area contributed by atoms with Gasteiger partial charge in [-0.2, -0.15) is 0 Å². The van der Waals surface area contributed by atoms with Gasteiger partial charge in [0.1, 0.15) is 5.00 Å². The van der Waals surface area contributed by atoms with Crippen LogP contribution in [0.2, 0.25) is 0 Å². The molecule has 0 spiro atoms. The van der Waals surface area contributed by atoms with E-state index in [2.05, 4.69) is 17.6 Å². The second-order valence-electron chi connectivity index (χ2n) is 8.74. The maximum Gasteiger partial charge on any atom is 0.341 e. The molecule has 1 atom stereocenters. The molecule has 0 fully saturated rings. The summed E-state index contributed by atoms with van der Waals surface area (Å²) in [5.41, 5.74) is 2.48. The summed E-state index contributed by atoms with van der Waals surface area (Å²) in [6.07, 6.45) is 2.31. The van der Waals surface area contributed by atoms with Gasteiger partial charge < -0.3 is 20.1 Å². The second-order valence-corrected chi connectivity index (χ2v) is 9.85. The minimum atomic E-state index is -0.639. The maximum absolute atomic E-state index is 12.8. The van der Waals surface area contributed by atoms with Crippen LogP contribution >= 0.6 is 11.3 Å². The van der Waals surface area contributed by atoms with Crippen molar-refractivity contribution in [3.63, 3.8) is 0 Å². The van der Waals surface area contributed by atoms with Crippen LogP contribution in [0.3, 0.4) is 0 Å². The van der Waals surface area contributed by atoms with E-state index >= 15 is 0 Å². The molecule has 1 unspecified atom stereocenters. The smallest absolute Gasteiger partial charge is 0.341 e. The molecular formula is C25H30N2O6S. The predicted octanol–water partition coefficient (Wildman–Crippen LogP) is 3.87. The van der Waals surface area contributed by atoms with Crippen LogP contribution in [0.1, 0.15) is 70.8 Å². The highest BCUT2D eigenvalue weighted by Crippen LogP contribution is 2.40. The summed E-state index contributed by atoms with van der Waals surface area (Å²) in [6.45, 7) is 7.03. The molecule has 1 aromatic heterocycles. The fraction of sp³-hybridized carbons (Fsp3) is 0.440. The van der Waals surface area contributed by atoms with Gasteiger partial charge in [0.2, 0.25) is 5.91 Å². The third kappa shape index (κ3) is 6.66. The lowest BCUT2D eigenvalue weighted by molar-refractivity contribution is -0.119. The number of hydrogen-bond donors (Lipinski definition) is 2. The minimum absolute atomic E-state index is 0.142. The Balaban J connectivity index is 1.63. The highest BCUT2D eigenvalue weighted by atomic mass is 32.1. The summed E-state index contributed by atoms with van der Waals surface area (Å²) in [4.78, 5) is 49.7. The largest absolute Gasteiger partial charge is 0.459 e. The van der Waals surface area contributed by atoms with Gasteiger partial charge in [-0.05, 0) is 62.3 Å². The molecule has 1 heterocycles. The van der Waals surface area contributed by atoms with Crippen molar-refractivity contribution < 1.29 is 28.7 Å². The zero-order chi connectivity index (χ0) is 24.8. The fourth-order valence-electron chi connectivity index (χ4n) is 3.69. The van der Waals surface area contributed by atoms with E-state index < -0.39 is 24.5 Å². The number of rotatable bonds is 8. The van der Waals surface area contributed by atoms with Gasteiger partial charge in [-0.25, -0.2) is 9.59 Å². The van der Waals surface area contributed by atoms with Crippen molar-refractivity contribution in [3.05, 3.63) is 51.4 Å². The number of fused-ring (bicyclic) bond motifs is 1. The van der Waals surface area contributed by atoms with Crippen molar-refractivity contribution in [1.29, 1.82) is 0 Å². The van der Waals surface area contributed by atoms with Gasteiger partial charge in [-0.15, -0.1) is 11.3 Å². The first kappa shape index (κ1) is 25.4. The van der Waals surface area contributed by atoms with E-state index in [0.29, 0.717) is 28.6 Å². The van der Waals surface area contributed by atoms with Crippen molar-refractivity contribution in [3.8, 4) is 0 Å². The first-order valence-corrected chi connectivity index (χ1v) is 12.1. The van der Waals surface area contributed by atoms with Gasteiger partial charge in [-0.3, -0.25) is 9.59 Å². The molecule has 3 rings (SSSR count). The lowest BCUT2D eigenvalue weighted by Crippen LogP contribution is -2.22. The normalized spacial score (nSPS) is 14.8. The number of carbonyl (C=O) groups is 4. The molecule has 1 aromatic carbocycles. The van der Waals surface area contributed by atoms with Gasteiger partial charge >= 0.3 is 11.9 Å². The Morgan fingerprint density at radius 2 is 1.82 bits per heavy atom. The zero-order valence-corrected chi connectivity index (χ0v) is 20.7. The van der Waals surface area contributed by atoms with Gasteiger partial charge in [0.15, 0.2) is 6.61 Å². The van der Waals surface area contributed by atoms with Crippen molar-refractivity contribution in [2.45, 2.75) is 59.6 Å². The van der Waals surface area contributed by atoms with Gasteiger partial charge in [0.05, 0.1) is 17.2 Å². The standard InChI is InChI=1S/C25H30N2O6S/c1-14(2)33-25(31)22-19-10-5-15(3)11-20(19)34-23(22)27-21(29)13-32-24(30)18-8-6-17(7-9-18)12-26-16(4)28/h6-9,14-15H,5,10-13H2,1-4H3,(H,26,28)(H,27,29). The SMILES string of the molecule is CC(=O)NCc1ccc(C(=O)OCC(=O)Nc2sc3c(c2C(=O)OC(C)C)CCC(C)C3)cc1. The predicted molar refractivity (Wildman–Crippen MR) is 129 cm³/mol. The number of nitrogens with one attached hydrogen (secondary N) is 2. The van der Waals surface area contributed by atoms with Crippen LogP contribution in [0.25, 0.3) is 0 Å². The van der Waals surface area contributed by atoms with Gasteiger partial charge in [-0.1, -0.05) is 19.1 Å². The molecule has 0 aliphatic heterocycles. The molecule has 0 saturated heterocycles. The molecule has 1 aliphatic rings. The van der Waals surface area contributed by atoms with E-state index in [1.54, 1.807) is 38.1 Å². The number of anilines is 1. The monoisotopic (exact) mass is 486 g/mol. The molecule has 2 N–H and O–H groups in total. The van der Waals surface area contributed by atoms with Crippen LogP contribution in [0.15, 0.2) is 24.3 Å². The summed E-state index contributed by atoms with van der Waals surface area (Å²) >= 11 is 1.39. The summed E-state index contributed by atoms with van der Waals surface area (Å²) in [5, 5.41) is 5.86. The van der Waals surface area contributed by atoms with Crippen molar-refractivity contribution in [2.75, 3.05) is 11.9 Å². The Kier molecular flexibility index (Phi) is 8.44. The highest BCUT2D eigenvalue weighted by Gasteiger charge is 2.29. The Hall–Kier alpha value is -3.20. The maximum atomic E-state index is 12.8. The minimum Gasteiger partial charge on any atom is -0.459 e. The Bertz CT molecular complexity index is 1070. The van der Waals surface area contributed by atoms with Crippen LogP contribution in [0.5, 0.6) is 0 Å². The Morgan fingerprint density at radius 1 is 1.12 bits per heavy atom. The van der Waals surface area contributed by atoms with Crippen LogP contribution in [-0.4, -0.2) is 36.5 Å². The van der Waals surface area contributed by atoms with Crippen molar-refractivity contribution in [1.82, 2.24) is 5.32 Å². The van der Waals surface area contributed by atoms with E-state index in [-0.39, 0.29) is 12.0 Å². The third-order valence-corrected chi connectivity index (χ3v) is 6.55. The molecule has 2 amide bonds. The molecular weight excluding hydrogens is 456 g/mol. The Morgan fingerprint density at radius 3 is 2.47 bits per heavy atom. The summed E-state index contributed by atoms with van der Waals surface area (Å²) in [7, 11) is 0. The molecule has 0 radical (unpaired) electrons. The van der Waals surface area contributed by atoms with Crippen molar-refractivity contribution >= 4 is 40.1 Å². The molecule has 2 aromatic rings. The third-order valence-electron chi connectivity index (χ3n) is 5.38. The van der Waals surface area contributed by atoms with Crippen LogP contribution < -0.4 is 10.6 Å². The number of amides is 2. The molecule has 0 bridgehead atoms. The van der Waals surface area contributed by atoms with Gasteiger partial charge in [0.25, 0.3) is 5.91 Å². The van der Waals surface area contributed by atoms with E-state index in [0.717, 1.165) is 35.3 Å². The number of carbonyl (C=O) groups excluding carboxylic acids is 4. The van der Waals surface area contributed by atoms with Crippen LogP contribution in [0.4, 0.5) is 5.00 Å². The fourth-order valence-corrected chi connectivity index (χ4v) is 5.11.